The van der Waals surface area contributed by atoms with Crippen LogP contribution in [0.4, 0.5) is 11.8 Å². The number of pyridine rings is 1. The van der Waals surface area contributed by atoms with Gasteiger partial charge in [0.1, 0.15) is 5.52 Å². The van der Waals surface area contributed by atoms with Gasteiger partial charge in [-0.1, -0.05) is 6.07 Å². The predicted molar refractivity (Wildman–Crippen MR) is 54.0 cm³/mol. The Balaban J connectivity index is 2.91. The molecule has 0 aliphatic heterocycles. The van der Waals surface area contributed by atoms with Gasteiger partial charge in [0.05, 0.1) is 4.60 Å². The molecule has 2 aromatic rings. The monoisotopic (exact) mass is 256 g/mol. The van der Waals surface area contributed by atoms with Crippen LogP contribution < -0.4 is 5.73 Å². The van der Waals surface area contributed by atoms with Crippen molar-refractivity contribution in [1.29, 1.82) is 0 Å². The summed E-state index contributed by atoms with van der Waals surface area (Å²) in [5, 5.41) is 10.6. The number of fused-ring (bicyclic) bond motifs is 1. The molecule has 0 aliphatic rings. The first-order valence-corrected chi connectivity index (χ1v) is 4.47. The number of nitrogens with zero attached hydrogens (tertiary/aromatic N) is 3. The molecular formula is C7H5BrN4O2. The molecule has 2 rings (SSSR count). The van der Waals surface area contributed by atoms with Crippen LogP contribution in [-0.2, 0) is 0 Å². The molecule has 0 aromatic carbocycles. The van der Waals surface area contributed by atoms with Gasteiger partial charge in [0.25, 0.3) is 0 Å². The van der Waals surface area contributed by atoms with Crippen LogP contribution >= 0.6 is 15.9 Å². The number of aromatic nitrogens is 2. The van der Waals surface area contributed by atoms with E-state index in [2.05, 4.69) is 20.9 Å². The maximum absolute atomic E-state index is 10.6. The van der Waals surface area contributed by atoms with Crippen LogP contribution in [0.3, 0.4) is 0 Å². The van der Waals surface area contributed by atoms with E-state index >= 15 is 0 Å². The van der Waals surface area contributed by atoms with Crippen LogP contribution in [-0.4, -0.2) is 14.3 Å². The topological polar surface area (TPSA) is 86.5 Å². The Morgan fingerprint density at radius 2 is 2.29 bits per heavy atom. The summed E-state index contributed by atoms with van der Waals surface area (Å²) < 4.78 is 2.10. The highest BCUT2D eigenvalue weighted by atomic mass is 79.9. The van der Waals surface area contributed by atoms with Crippen LogP contribution in [0, 0.1) is 10.1 Å². The summed E-state index contributed by atoms with van der Waals surface area (Å²) in [6.07, 6.45) is 0. The van der Waals surface area contributed by atoms with Crippen LogP contribution in [0.25, 0.3) is 5.52 Å². The minimum Gasteiger partial charge on any atom is -0.358 e. The SMILES string of the molecule is Nc1nc([N+](=O)[O-])c2cccc(Br)n12. The second-order valence-electron chi connectivity index (χ2n) is 2.62. The third-order valence-corrected chi connectivity index (χ3v) is 2.41. The van der Waals surface area contributed by atoms with Crippen molar-refractivity contribution in [3.05, 3.63) is 32.9 Å². The lowest BCUT2D eigenvalue weighted by Gasteiger charge is -1.95. The van der Waals surface area contributed by atoms with Crippen LogP contribution in [0.2, 0.25) is 0 Å². The average molecular weight is 257 g/mol. The zero-order chi connectivity index (χ0) is 10.3. The van der Waals surface area contributed by atoms with E-state index in [9.17, 15) is 10.1 Å². The predicted octanol–water partition coefficient (Wildman–Crippen LogP) is 1.59. The molecule has 0 atom stereocenters. The van der Waals surface area contributed by atoms with Crippen molar-refractivity contribution in [2.75, 3.05) is 5.73 Å². The van der Waals surface area contributed by atoms with Gasteiger partial charge in [-0.3, -0.25) is 0 Å². The number of imidazole rings is 1. The number of halogens is 1. The van der Waals surface area contributed by atoms with Crippen LogP contribution in [0.5, 0.6) is 0 Å². The summed E-state index contributed by atoms with van der Waals surface area (Å²) in [6.45, 7) is 0. The van der Waals surface area contributed by atoms with Crippen LogP contribution in [0.1, 0.15) is 0 Å². The van der Waals surface area contributed by atoms with Crippen molar-refractivity contribution in [2.24, 2.45) is 0 Å². The van der Waals surface area contributed by atoms with Gasteiger partial charge >= 0.3 is 11.8 Å². The first kappa shape index (κ1) is 8.95. The lowest BCUT2D eigenvalue weighted by Crippen LogP contribution is -1.94. The van der Waals surface area contributed by atoms with Gasteiger partial charge in [-0.05, 0) is 33.0 Å². The van der Waals surface area contributed by atoms with Crippen molar-refractivity contribution < 1.29 is 4.92 Å². The van der Waals surface area contributed by atoms with Crippen molar-refractivity contribution in [1.82, 2.24) is 9.38 Å². The molecule has 2 N–H and O–H groups in total. The van der Waals surface area contributed by atoms with Gasteiger partial charge in [-0.25, -0.2) is 4.40 Å². The van der Waals surface area contributed by atoms with Gasteiger partial charge in [-0.15, -0.1) is 0 Å². The van der Waals surface area contributed by atoms with Gasteiger partial charge < -0.3 is 15.8 Å². The zero-order valence-corrected chi connectivity index (χ0v) is 8.43. The Bertz CT molecular complexity index is 522. The number of nitro groups is 1. The van der Waals surface area contributed by atoms with E-state index in [4.69, 9.17) is 5.73 Å². The first-order chi connectivity index (χ1) is 6.61. The van der Waals surface area contributed by atoms with E-state index < -0.39 is 4.92 Å². The van der Waals surface area contributed by atoms with Crippen molar-refractivity contribution in [3.63, 3.8) is 0 Å². The molecule has 72 valence electrons. The van der Waals surface area contributed by atoms with Gasteiger partial charge in [0.2, 0.25) is 0 Å². The van der Waals surface area contributed by atoms with Crippen molar-refractivity contribution in [3.8, 4) is 0 Å². The lowest BCUT2D eigenvalue weighted by atomic mass is 10.4. The molecule has 2 heterocycles. The number of nitrogen functional groups attached to an aromatic ring is 1. The van der Waals surface area contributed by atoms with E-state index in [0.717, 1.165) is 0 Å². The molecule has 0 aliphatic carbocycles. The third kappa shape index (κ3) is 1.13. The molecule has 2 aromatic heterocycles. The lowest BCUT2D eigenvalue weighted by molar-refractivity contribution is -0.387. The van der Waals surface area contributed by atoms with Crippen molar-refractivity contribution in [2.45, 2.75) is 0 Å². The Kier molecular flexibility index (Phi) is 1.88. The largest absolute Gasteiger partial charge is 0.391 e. The summed E-state index contributed by atoms with van der Waals surface area (Å²) in [5.41, 5.74) is 5.91. The number of hydrogen-bond donors (Lipinski definition) is 1. The minimum absolute atomic E-state index is 0.0965. The Labute approximate surface area is 86.6 Å². The highest BCUT2D eigenvalue weighted by molar-refractivity contribution is 9.10. The van der Waals surface area contributed by atoms with E-state index in [1.165, 1.54) is 4.40 Å². The molecule has 0 fully saturated rings. The van der Waals surface area contributed by atoms with Gasteiger partial charge in [0.15, 0.2) is 0 Å². The second kappa shape index (κ2) is 2.95. The molecule has 0 bridgehead atoms. The van der Waals surface area contributed by atoms with Gasteiger partial charge in [-0.2, -0.15) is 0 Å². The molecular weight excluding hydrogens is 252 g/mol. The average Bonchev–Trinajstić information content (AvgIpc) is 2.45. The summed E-state index contributed by atoms with van der Waals surface area (Å²) in [6, 6.07) is 5.01. The Morgan fingerprint density at radius 3 is 2.93 bits per heavy atom. The van der Waals surface area contributed by atoms with Gasteiger partial charge in [0, 0.05) is 4.98 Å². The van der Waals surface area contributed by atoms with Crippen LogP contribution in [0.15, 0.2) is 22.8 Å². The van der Waals surface area contributed by atoms with E-state index in [1.807, 2.05) is 0 Å². The molecule has 7 heteroatoms. The highest BCUT2D eigenvalue weighted by Crippen LogP contribution is 2.25. The molecule has 0 spiro atoms. The smallest absolute Gasteiger partial charge is 0.358 e. The highest BCUT2D eigenvalue weighted by Gasteiger charge is 2.20. The molecule has 0 amide bonds. The number of nitrogens with two attached hydrogens (primary N) is 1. The molecule has 14 heavy (non-hydrogen) atoms. The van der Waals surface area contributed by atoms with Crippen molar-refractivity contribution >= 4 is 33.2 Å². The number of anilines is 1. The fourth-order valence-corrected chi connectivity index (χ4v) is 1.77. The molecule has 0 unspecified atom stereocenters. The summed E-state index contributed by atoms with van der Waals surface area (Å²) >= 11 is 3.23. The normalized spacial score (nSPS) is 10.6. The maximum Gasteiger partial charge on any atom is 0.391 e. The maximum atomic E-state index is 10.6. The number of hydrogen-bond acceptors (Lipinski definition) is 4. The minimum atomic E-state index is -0.557. The summed E-state index contributed by atoms with van der Waals surface area (Å²) in [4.78, 5) is 13.7. The third-order valence-electron chi connectivity index (χ3n) is 1.79. The summed E-state index contributed by atoms with van der Waals surface area (Å²) in [5.74, 6) is -0.136. The molecule has 0 radical (unpaired) electrons. The van der Waals surface area contributed by atoms with E-state index in [-0.39, 0.29) is 11.8 Å². The second-order valence-corrected chi connectivity index (χ2v) is 3.43. The fourth-order valence-electron chi connectivity index (χ4n) is 1.24. The molecule has 0 saturated carbocycles. The Hall–Kier alpha value is -1.63. The Morgan fingerprint density at radius 1 is 1.57 bits per heavy atom. The first-order valence-electron chi connectivity index (χ1n) is 3.68. The fraction of sp³-hybridized carbons (Fsp3) is 0. The van der Waals surface area contributed by atoms with E-state index in [0.29, 0.717) is 10.1 Å². The van der Waals surface area contributed by atoms with E-state index in [1.54, 1.807) is 18.2 Å². The summed E-state index contributed by atoms with van der Waals surface area (Å²) in [7, 11) is 0. The molecule has 6 nitrogen and oxygen atoms in total. The number of rotatable bonds is 1. The zero-order valence-electron chi connectivity index (χ0n) is 6.85. The quantitative estimate of drug-likeness (QED) is 0.477. The standard InChI is InChI=1S/C7H5BrN4O2/c8-5-3-1-2-4-6(12(13)14)10-7(9)11(4)5/h1-3H,(H2,9,10). The molecule has 0 saturated heterocycles.